The number of benzene rings is 1. The highest BCUT2D eigenvalue weighted by atomic mass is 19.4. The Hall–Kier alpha value is -3.71. The van der Waals surface area contributed by atoms with Crippen LogP contribution < -0.4 is 16.8 Å². The molecule has 0 saturated heterocycles. The highest BCUT2D eigenvalue weighted by Crippen LogP contribution is 2.40. The Morgan fingerprint density at radius 3 is 2.56 bits per heavy atom. The second-order valence-electron chi connectivity index (χ2n) is 7.72. The molecule has 0 spiro atoms. The van der Waals surface area contributed by atoms with E-state index in [9.17, 15) is 33.0 Å². The van der Waals surface area contributed by atoms with E-state index in [1.807, 2.05) is 0 Å². The van der Waals surface area contributed by atoms with Gasteiger partial charge in [0, 0.05) is 23.9 Å². The first kappa shape index (κ1) is 24.9. The average molecular weight is 480 g/mol. The lowest BCUT2D eigenvalue weighted by Gasteiger charge is -2.28. The molecule has 0 bridgehead atoms. The van der Waals surface area contributed by atoms with Crippen LogP contribution in [0.15, 0.2) is 30.6 Å². The molecule has 3 aromatic rings. The molecule has 0 fully saturated rings. The highest BCUT2D eigenvalue weighted by molar-refractivity contribution is 5.93. The van der Waals surface area contributed by atoms with Gasteiger partial charge in [0.15, 0.2) is 11.5 Å². The maximum atomic E-state index is 13.6. The highest BCUT2D eigenvalue weighted by Gasteiger charge is 2.60. The number of carbonyl (C=O) groups excluding carboxylic acids is 2. The third-order valence-electron chi connectivity index (χ3n) is 5.42. The van der Waals surface area contributed by atoms with Gasteiger partial charge in [0.25, 0.3) is 17.4 Å². The van der Waals surface area contributed by atoms with Crippen molar-refractivity contribution in [3.8, 4) is 11.3 Å². The molecule has 2 amide bonds. The Balaban J connectivity index is 2.14. The number of aliphatic hydroxyl groups is 2. The van der Waals surface area contributed by atoms with Crippen molar-refractivity contribution in [2.75, 3.05) is 12.3 Å². The van der Waals surface area contributed by atoms with Gasteiger partial charge >= 0.3 is 6.18 Å². The first-order chi connectivity index (χ1) is 15.8. The largest absolute Gasteiger partial charge is 0.430 e. The fourth-order valence-corrected chi connectivity index (χ4v) is 3.33. The number of alkyl halides is 3. The summed E-state index contributed by atoms with van der Waals surface area (Å²) in [4.78, 5) is 32.2. The van der Waals surface area contributed by atoms with E-state index in [1.165, 1.54) is 22.9 Å². The van der Waals surface area contributed by atoms with Crippen LogP contribution in [0.25, 0.3) is 16.9 Å². The lowest BCUT2D eigenvalue weighted by atomic mass is 9.89. The maximum absolute atomic E-state index is 13.6. The van der Waals surface area contributed by atoms with Crippen LogP contribution in [-0.2, 0) is 10.4 Å². The Labute approximate surface area is 191 Å². The molecule has 0 radical (unpaired) electrons. The number of aryl methyl sites for hydroxylation is 1. The summed E-state index contributed by atoms with van der Waals surface area (Å²) >= 11 is 0. The number of nitrogens with one attached hydrogen (secondary N) is 1. The Bertz CT molecular complexity index is 1260. The fraction of sp³-hybridized carbons (Fsp3) is 0.333. The smallest absolute Gasteiger partial charge is 0.391 e. The number of imidazole rings is 1. The van der Waals surface area contributed by atoms with Crippen LogP contribution >= 0.6 is 0 Å². The minimum Gasteiger partial charge on any atom is -0.391 e. The van der Waals surface area contributed by atoms with Crippen LogP contribution in [-0.4, -0.2) is 55.2 Å². The second kappa shape index (κ2) is 8.91. The third-order valence-corrected chi connectivity index (χ3v) is 5.42. The molecule has 0 saturated carbocycles. The Kier molecular flexibility index (Phi) is 6.53. The normalized spacial score (nSPS) is 14.6. The SMILES string of the molecule is CCC(O)CNC(=O)c1cn2c(-c3cc(C(O)(C(N)=O)C(F)(F)F)ccc3C)cnc2c(N)n1. The first-order valence-electron chi connectivity index (χ1n) is 10.1. The fourth-order valence-electron chi connectivity index (χ4n) is 3.33. The molecule has 10 nitrogen and oxygen atoms in total. The van der Waals surface area contributed by atoms with Crippen LogP contribution in [0.5, 0.6) is 0 Å². The molecule has 3 rings (SSSR count). The summed E-state index contributed by atoms with van der Waals surface area (Å²) < 4.78 is 42.0. The Morgan fingerprint density at radius 1 is 1.29 bits per heavy atom. The van der Waals surface area contributed by atoms with Gasteiger partial charge in [-0.25, -0.2) is 9.97 Å². The van der Waals surface area contributed by atoms with Crippen molar-refractivity contribution >= 4 is 23.3 Å². The number of nitrogen functional groups attached to an aromatic ring is 1. The van der Waals surface area contributed by atoms with Gasteiger partial charge in [0.05, 0.1) is 18.0 Å². The number of carbonyl (C=O) groups is 2. The van der Waals surface area contributed by atoms with E-state index in [0.29, 0.717) is 12.0 Å². The van der Waals surface area contributed by atoms with E-state index in [1.54, 1.807) is 13.8 Å². The van der Waals surface area contributed by atoms with Crippen molar-refractivity contribution in [2.24, 2.45) is 5.73 Å². The summed E-state index contributed by atoms with van der Waals surface area (Å²) in [6.07, 6.45) is -3.10. The minimum atomic E-state index is -5.37. The van der Waals surface area contributed by atoms with Crippen molar-refractivity contribution in [3.05, 3.63) is 47.4 Å². The molecule has 2 aromatic heterocycles. The van der Waals surface area contributed by atoms with Crippen molar-refractivity contribution in [1.29, 1.82) is 0 Å². The summed E-state index contributed by atoms with van der Waals surface area (Å²) in [5.41, 5.74) is 7.02. The Morgan fingerprint density at radius 2 is 1.97 bits per heavy atom. The zero-order valence-electron chi connectivity index (χ0n) is 18.2. The van der Waals surface area contributed by atoms with Crippen LogP contribution in [0, 0.1) is 6.92 Å². The van der Waals surface area contributed by atoms with E-state index < -0.39 is 35.3 Å². The standard InChI is InChI=1S/C21H23F3N6O4/c1-3-12(31)7-28-18(32)14-9-30-15(8-27-17(30)16(25)29-14)13-6-11(5-4-10(13)2)20(34,19(26)33)21(22,23)24/h4-6,8-9,12,31,34H,3,7H2,1-2H3,(H2,25,29)(H2,26,33)(H,28,32). The van der Waals surface area contributed by atoms with Gasteiger partial charge in [-0.3, -0.25) is 14.0 Å². The van der Waals surface area contributed by atoms with Gasteiger partial charge in [0.2, 0.25) is 0 Å². The van der Waals surface area contributed by atoms with Gasteiger partial charge in [-0.1, -0.05) is 19.1 Å². The predicted octanol–water partition coefficient (Wildman–Crippen LogP) is 1.02. The van der Waals surface area contributed by atoms with Gasteiger partial charge in [-0.05, 0) is 25.0 Å². The molecular formula is C21H23F3N6O4. The number of nitrogens with zero attached hydrogens (tertiary/aromatic N) is 3. The molecule has 182 valence electrons. The number of hydrogen-bond donors (Lipinski definition) is 5. The average Bonchev–Trinajstić information content (AvgIpc) is 3.20. The van der Waals surface area contributed by atoms with Crippen molar-refractivity contribution in [1.82, 2.24) is 19.7 Å². The second-order valence-corrected chi connectivity index (χ2v) is 7.72. The number of aromatic nitrogens is 3. The predicted molar refractivity (Wildman–Crippen MR) is 115 cm³/mol. The molecule has 2 heterocycles. The zero-order valence-corrected chi connectivity index (χ0v) is 18.2. The zero-order chi connectivity index (χ0) is 25.4. The third kappa shape index (κ3) is 4.26. The van der Waals surface area contributed by atoms with Crippen LogP contribution in [0.1, 0.15) is 35.0 Å². The van der Waals surface area contributed by atoms with Gasteiger partial charge in [-0.15, -0.1) is 0 Å². The number of rotatable bonds is 7. The lowest BCUT2D eigenvalue weighted by Crippen LogP contribution is -2.52. The summed E-state index contributed by atoms with van der Waals surface area (Å²) in [5.74, 6) is -2.73. The van der Waals surface area contributed by atoms with Crippen molar-refractivity contribution in [2.45, 2.75) is 38.1 Å². The molecule has 7 N–H and O–H groups in total. The van der Waals surface area contributed by atoms with Crippen LogP contribution in [0.4, 0.5) is 19.0 Å². The van der Waals surface area contributed by atoms with E-state index in [4.69, 9.17) is 11.5 Å². The number of fused-ring (bicyclic) bond motifs is 1. The molecule has 2 unspecified atom stereocenters. The molecule has 0 aliphatic carbocycles. The number of primary amides is 1. The van der Waals surface area contributed by atoms with Crippen molar-refractivity contribution < 1.29 is 33.0 Å². The van der Waals surface area contributed by atoms with Gasteiger partial charge in [0.1, 0.15) is 5.69 Å². The quantitative estimate of drug-likeness (QED) is 0.336. The van der Waals surface area contributed by atoms with E-state index >= 15 is 0 Å². The molecule has 2 atom stereocenters. The molecular weight excluding hydrogens is 457 g/mol. The van der Waals surface area contributed by atoms with E-state index in [2.05, 4.69) is 15.3 Å². The van der Waals surface area contributed by atoms with E-state index in [0.717, 1.165) is 12.1 Å². The lowest BCUT2D eigenvalue weighted by molar-refractivity contribution is -0.255. The summed E-state index contributed by atoms with van der Waals surface area (Å²) in [6, 6.07) is 3.22. The minimum absolute atomic E-state index is 0.0178. The number of anilines is 1. The topological polar surface area (TPSA) is 169 Å². The van der Waals surface area contributed by atoms with Crippen LogP contribution in [0.2, 0.25) is 0 Å². The van der Waals surface area contributed by atoms with Gasteiger partial charge in [-0.2, -0.15) is 13.2 Å². The molecule has 1 aromatic carbocycles. The van der Waals surface area contributed by atoms with Crippen molar-refractivity contribution in [3.63, 3.8) is 0 Å². The monoisotopic (exact) mass is 480 g/mol. The summed E-state index contributed by atoms with van der Waals surface area (Å²) in [7, 11) is 0. The van der Waals surface area contributed by atoms with Gasteiger partial charge < -0.3 is 27.0 Å². The molecule has 13 heteroatoms. The van der Waals surface area contributed by atoms with E-state index in [-0.39, 0.29) is 35.0 Å². The van der Waals surface area contributed by atoms with Crippen LogP contribution in [0.3, 0.4) is 0 Å². The number of halogens is 3. The summed E-state index contributed by atoms with van der Waals surface area (Å²) in [6.45, 7) is 3.32. The molecule has 34 heavy (non-hydrogen) atoms. The summed E-state index contributed by atoms with van der Waals surface area (Å²) in [5, 5.41) is 22.3. The number of nitrogens with two attached hydrogens (primary N) is 2. The molecule has 0 aliphatic heterocycles. The first-order valence-corrected chi connectivity index (χ1v) is 10.1. The number of hydrogen-bond acceptors (Lipinski definition) is 7. The number of aliphatic hydroxyl groups excluding tert-OH is 1. The number of amides is 2. The maximum Gasteiger partial charge on any atom is 0.430 e. The molecule has 0 aliphatic rings.